The first-order chi connectivity index (χ1) is 14.8. The molecule has 2 atom stereocenters. The fraction of sp³-hybridized carbons (Fsp3) is 0.273. The maximum atomic E-state index is 12.7. The van der Waals surface area contributed by atoms with Gasteiger partial charge in [-0.1, -0.05) is 11.6 Å². The van der Waals surface area contributed by atoms with E-state index in [9.17, 15) is 9.59 Å². The Morgan fingerprint density at radius 1 is 1.03 bits per heavy atom. The SMILES string of the molecule is CC1(C)Oc2[nH]c(=O)[nH]c(=O)c2[C@H]2c3cc(N=Nc4ccc(Cl)cc4)ccc3OC[C@H]21. The molecule has 2 N–H and O–H groups in total. The quantitative estimate of drug-likeness (QED) is 0.576. The molecule has 2 aromatic carbocycles. The number of hydrogen-bond donors (Lipinski definition) is 2. The second-order valence-corrected chi connectivity index (χ2v) is 8.59. The third-order valence-electron chi connectivity index (χ3n) is 5.77. The fourth-order valence-electron chi connectivity index (χ4n) is 4.22. The van der Waals surface area contributed by atoms with Gasteiger partial charge in [-0.15, -0.1) is 0 Å². The van der Waals surface area contributed by atoms with Gasteiger partial charge in [0.05, 0.1) is 23.5 Å². The molecule has 0 amide bonds. The lowest BCUT2D eigenvalue weighted by Crippen LogP contribution is -2.51. The van der Waals surface area contributed by atoms with Gasteiger partial charge in [0, 0.05) is 22.4 Å². The zero-order valence-corrected chi connectivity index (χ0v) is 17.6. The number of nitrogens with one attached hydrogen (secondary N) is 2. The van der Waals surface area contributed by atoms with E-state index in [0.717, 1.165) is 5.56 Å². The highest BCUT2D eigenvalue weighted by Crippen LogP contribution is 2.51. The minimum absolute atomic E-state index is 0.136. The molecule has 0 spiro atoms. The fourth-order valence-corrected chi connectivity index (χ4v) is 4.35. The van der Waals surface area contributed by atoms with Crippen LogP contribution in [-0.2, 0) is 0 Å². The summed E-state index contributed by atoms with van der Waals surface area (Å²) in [6.45, 7) is 4.23. The van der Waals surface area contributed by atoms with E-state index in [4.69, 9.17) is 21.1 Å². The number of rotatable bonds is 2. The average Bonchev–Trinajstić information content (AvgIpc) is 2.72. The minimum Gasteiger partial charge on any atom is -0.493 e. The molecule has 8 nitrogen and oxygen atoms in total. The topological polar surface area (TPSA) is 109 Å². The number of fused-ring (bicyclic) bond motifs is 5. The first-order valence-corrected chi connectivity index (χ1v) is 10.2. The van der Waals surface area contributed by atoms with Gasteiger partial charge in [0.25, 0.3) is 5.56 Å². The van der Waals surface area contributed by atoms with E-state index in [2.05, 4.69) is 20.2 Å². The van der Waals surface area contributed by atoms with Gasteiger partial charge in [0.15, 0.2) is 0 Å². The monoisotopic (exact) mass is 438 g/mol. The summed E-state index contributed by atoms with van der Waals surface area (Å²) in [4.78, 5) is 29.5. The second-order valence-electron chi connectivity index (χ2n) is 8.15. The van der Waals surface area contributed by atoms with Crippen LogP contribution >= 0.6 is 11.6 Å². The van der Waals surface area contributed by atoms with E-state index in [0.29, 0.717) is 34.3 Å². The van der Waals surface area contributed by atoms with Gasteiger partial charge in [-0.25, -0.2) is 4.79 Å². The van der Waals surface area contributed by atoms with Crippen molar-refractivity contribution in [1.29, 1.82) is 0 Å². The highest BCUT2D eigenvalue weighted by molar-refractivity contribution is 6.30. The standard InChI is InChI=1S/C22H19ClN4O4/c1-22(2)15-10-30-16-8-7-13(27-26-12-5-3-11(23)4-6-12)9-14(16)17(15)18-19(28)24-21(29)25-20(18)31-22/h3-9,15,17H,10H2,1-2H3,(H2,24,25,28,29)/t15-,17+/m1/s1. The van der Waals surface area contributed by atoms with Crippen LogP contribution in [0.4, 0.5) is 11.4 Å². The van der Waals surface area contributed by atoms with Crippen molar-refractivity contribution in [2.24, 2.45) is 16.1 Å². The Bertz CT molecular complexity index is 1310. The zero-order chi connectivity index (χ0) is 21.8. The lowest BCUT2D eigenvalue weighted by Gasteiger charge is -2.46. The molecule has 0 radical (unpaired) electrons. The van der Waals surface area contributed by atoms with Gasteiger partial charge in [-0.05, 0) is 56.3 Å². The van der Waals surface area contributed by atoms with E-state index >= 15 is 0 Å². The lowest BCUT2D eigenvalue weighted by atomic mass is 9.71. The van der Waals surface area contributed by atoms with Crippen LogP contribution in [0.2, 0.25) is 5.02 Å². The molecule has 2 aliphatic heterocycles. The third kappa shape index (κ3) is 3.42. The second kappa shape index (κ2) is 7.09. The van der Waals surface area contributed by atoms with Crippen molar-refractivity contribution in [3.63, 3.8) is 0 Å². The highest BCUT2D eigenvalue weighted by Gasteiger charge is 2.49. The summed E-state index contributed by atoms with van der Waals surface area (Å²) in [5, 5.41) is 9.22. The molecule has 3 aromatic rings. The van der Waals surface area contributed by atoms with Gasteiger partial charge in [0.1, 0.15) is 11.4 Å². The van der Waals surface area contributed by atoms with Crippen LogP contribution in [0.3, 0.4) is 0 Å². The zero-order valence-electron chi connectivity index (χ0n) is 16.8. The Kier molecular flexibility index (Phi) is 4.48. The van der Waals surface area contributed by atoms with E-state index in [1.165, 1.54) is 0 Å². The summed E-state index contributed by atoms with van der Waals surface area (Å²) in [6, 6.07) is 12.5. The highest BCUT2D eigenvalue weighted by atomic mass is 35.5. The normalized spacial score (nSPS) is 20.9. The number of benzene rings is 2. The molecule has 0 fully saturated rings. The number of halogens is 1. The third-order valence-corrected chi connectivity index (χ3v) is 6.02. The van der Waals surface area contributed by atoms with Gasteiger partial charge in [-0.2, -0.15) is 10.2 Å². The Labute approximate surface area is 181 Å². The molecular weight excluding hydrogens is 420 g/mol. The molecule has 0 saturated carbocycles. The molecule has 3 heterocycles. The van der Waals surface area contributed by atoms with Gasteiger partial charge < -0.3 is 9.47 Å². The summed E-state index contributed by atoms with van der Waals surface area (Å²) in [6.07, 6.45) is 0. The van der Waals surface area contributed by atoms with E-state index in [-0.39, 0.29) is 17.7 Å². The Hall–Kier alpha value is -3.39. The molecule has 0 aliphatic carbocycles. The van der Waals surface area contributed by atoms with Crippen molar-refractivity contribution in [2.45, 2.75) is 25.4 Å². The predicted octanol–water partition coefficient (Wildman–Crippen LogP) is 4.44. The molecule has 158 valence electrons. The van der Waals surface area contributed by atoms with Crippen LogP contribution in [0.5, 0.6) is 11.6 Å². The van der Waals surface area contributed by atoms with Crippen molar-refractivity contribution >= 4 is 23.0 Å². The predicted molar refractivity (Wildman–Crippen MR) is 115 cm³/mol. The summed E-state index contributed by atoms with van der Waals surface area (Å²) in [5.74, 6) is 0.402. The Morgan fingerprint density at radius 3 is 2.52 bits per heavy atom. The van der Waals surface area contributed by atoms with Crippen LogP contribution in [0, 0.1) is 5.92 Å². The molecule has 5 rings (SSSR count). The number of azo groups is 1. The first kappa shape index (κ1) is 19.6. The van der Waals surface area contributed by atoms with E-state index in [1.54, 1.807) is 30.3 Å². The minimum atomic E-state index is -0.660. The van der Waals surface area contributed by atoms with E-state index in [1.807, 2.05) is 26.0 Å². The summed E-state index contributed by atoms with van der Waals surface area (Å²) in [7, 11) is 0. The van der Waals surface area contributed by atoms with Crippen molar-refractivity contribution in [3.8, 4) is 11.6 Å². The largest absolute Gasteiger partial charge is 0.493 e. The summed E-state index contributed by atoms with van der Waals surface area (Å²) in [5.41, 5.74) is 0.750. The number of H-pyrrole nitrogens is 2. The van der Waals surface area contributed by atoms with Crippen LogP contribution in [-0.4, -0.2) is 22.2 Å². The van der Waals surface area contributed by atoms with Crippen molar-refractivity contribution < 1.29 is 9.47 Å². The van der Waals surface area contributed by atoms with E-state index < -0.39 is 16.9 Å². The van der Waals surface area contributed by atoms with Crippen molar-refractivity contribution in [2.75, 3.05) is 6.61 Å². The summed E-state index contributed by atoms with van der Waals surface area (Å²) < 4.78 is 12.0. The Morgan fingerprint density at radius 2 is 1.74 bits per heavy atom. The molecule has 2 aliphatic rings. The molecule has 1 aromatic heterocycles. The van der Waals surface area contributed by atoms with Gasteiger partial charge >= 0.3 is 5.69 Å². The Balaban J connectivity index is 1.62. The molecule has 9 heteroatoms. The molecular formula is C22H19ClN4O4. The van der Waals surface area contributed by atoms with Gasteiger partial charge in [0.2, 0.25) is 5.88 Å². The van der Waals surface area contributed by atoms with Crippen molar-refractivity contribution in [3.05, 3.63) is 79.5 Å². The number of ether oxygens (including phenoxy) is 2. The maximum Gasteiger partial charge on any atom is 0.328 e. The van der Waals surface area contributed by atoms with Crippen LogP contribution in [0.1, 0.15) is 30.9 Å². The van der Waals surface area contributed by atoms with Gasteiger partial charge in [-0.3, -0.25) is 14.8 Å². The van der Waals surface area contributed by atoms with Crippen LogP contribution in [0.25, 0.3) is 0 Å². The summed E-state index contributed by atoms with van der Waals surface area (Å²) >= 11 is 5.91. The smallest absolute Gasteiger partial charge is 0.328 e. The number of nitrogens with zero attached hydrogens (tertiary/aromatic N) is 2. The van der Waals surface area contributed by atoms with Crippen molar-refractivity contribution in [1.82, 2.24) is 9.97 Å². The van der Waals surface area contributed by atoms with Crippen LogP contribution < -0.4 is 20.7 Å². The average molecular weight is 439 g/mol. The number of aromatic amines is 2. The maximum absolute atomic E-state index is 12.7. The molecule has 31 heavy (non-hydrogen) atoms. The molecule has 0 saturated heterocycles. The lowest BCUT2D eigenvalue weighted by molar-refractivity contribution is -0.0184. The molecule has 0 unspecified atom stereocenters. The number of hydrogen-bond acceptors (Lipinski definition) is 6. The number of aromatic nitrogens is 2. The van der Waals surface area contributed by atoms with Crippen LogP contribution in [0.15, 0.2) is 62.3 Å². The molecule has 0 bridgehead atoms. The first-order valence-electron chi connectivity index (χ1n) is 9.81.